The van der Waals surface area contributed by atoms with E-state index < -0.39 is 18.5 Å². The molecule has 0 atom stereocenters. The number of likely N-dealkylation sites (N-methyl/N-ethyl adjacent to an activating group) is 1. The van der Waals surface area contributed by atoms with Gasteiger partial charge in [0.2, 0.25) is 5.91 Å². The molecule has 0 aliphatic carbocycles. The topological polar surface area (TPSA) is 94.6 Å². The van der Waals surface area contributed by atoms with E-state index in [0.717, 1.165) is 0 Å². The monoisotopic (exact) mass is 406 g/mol. The summed E-state index contributed by atoms with van der Waals surface area (Å²) in [7, 11) is 4.55. The molecular weight excluding hydrogens is 380 g/mol. The number of carbonyl (C=O) groups excluding carboxylic acids is 3. The number of hydrogen-bond acceptors (Lipinski definition) is 7. The lowest BCUT2D eigenvalue weighted by Crippen LogP contribution is -2.46. The van der Waals surface area contributed by atoms with Gasteiger partial charge in [-0.15, -0.1) is 0 Å². The molecule has 1 aromatic rings. The maximum Gasteiger partial charge on any atom is 0.331 e. The van der Waals surface area contributed by atoms with Crippen LogP contribution >= 0.6 is 0 Å². The maximum absolute atomic E-state index is 12.2. The summed E-state index contributed by atoms with van der Waals surface area (Å²) >= 11 is 0. The third-order valence-corrected chi connectivity index (χ3v) is 4.29. The summed E-state index contributed by atoms with van der Waals surface area (Å²) in [6.45, 7) is 1.48. The van der Waals surface area contributed by atoms with Crippen LogP contribution in [0.25, 0.3) is 6.08 Å². The van der Waals surface area contributed by atoms with E-state index in [2.05, 4.69) is 0 Å². The minimum Gasteiger partial charge on any atom is -0.497 e. The molecule has 0 N–H and O–H groups in total. The minimum atomic E-state index is -0.673. The van der Waals surface area contributed by atoms with Crippen molar-refractivity contribution < 1.29 is 33.3 Å². The van der Waals surface area contributed by atoms with Gasteiger partial charge in [-0.1, -0.05) is 0 Å². The van der Waals surface area contributed by atoms with E-state index in [4.69, 9.17) is 18.9 Å². The number of rotatable bonds is 8. The standard InChI is InChI=1S/C20H26N2O7/c1-21(13-18(23)22-6-8-28-9-7-22)19(24)14-29-20(25)5-4-15-10-16(26-2)12-17(11-15)27-3/h4-5,10-12H,6-9,13-14H2,1-3H3/b5-4+. The fourth-order valence-corrected chi connectivity index (χ4v) is 2.58. The summed E-state index contributed by atoms with van der Waals surface area (Å²) in [4.78, 5) is 39.0. The van der Waals surface area contributed by atoms with Crippen molar-refractivity contribution in [2.75, 3.05) is 60.7 Å². The Labute approximate surface area is 169 Å². The lowest BCUT2D eigenvalue weighted by molar-refractivity contribution is -0.149. The quantitative estimate of drug-likeness (QED) is 0.460. The lowest BCUT2D eigenvalue weighted by Gasteiger charge is -2.28. The Hall–Kier alpha value is -3.07. The number of methoxy groups -OCH3 is 2. The summed E-state index contributed by atoms with van der Waals surface area (Å²) < 4.78 is 20.5. The molecule has 158 valence electrons. The van der Waals surface area contributed by atoms with Crippen molar-refractivity contribution in [3.05, 3.63) is 29.8 Å². The van der Waals surface area contributed by atoms with Gasteiger partial charge in [0.05, 0.1) is 34.0 Å². The number of esters is 1. The SMILES string of the molecule is COc1cc(/C=C/C(=O)OCC(=O)N(C)CC(=O)N2CCOCC2)cc(OC)c1. The molecule has 0 aromatic heterocycles. The third-order valence-electron chi connectivity index (χ3n) is 4.29. The Balaban J connectivity index is 1.81. The van der Waals surface area contributed by atoms with Crippen LogP contribution in [0.15, 0.2) is 24.3 Å². The molecule has 2 rings (SSSR count). The smallest absolute Gasteiger partial charge is 0.331 e. The van der Waals surface area contributed by atoms with Gasteiger partial charge in [0.25, 0.3) is 5.91 Å². The zero-order valence-electron chi connectivity index (χ0n) is 16.9. The first-order chi connectivity index (χ1) is 13.9. The van der Waals surface area contributed by atoms with Crippen molar-refractivity contribution in [3.8, 4) is 11.5 Å². The summed E-state index contributed by atoms with van der Waals surface area (Å²) in [6, 6.07) is 5.16. The van der Waals surface area contributed by atoms with Crippen LogP contribution in [0, 0.1) is 0 Å². The van der Waals surface area contributed by atoms with Crippen LogP contribution in [0.3, 0.4) is 0 Å². The highest BCUT2D eigenvalue weighted by molar-refractivity contribution is 5.90. The van der Waals surface area contributed by atoms with Crippen molar-refractivity contribution in [3.63, 3.8) is 0 Å². The van der Waals surface area contributed by atoms with Crippen LogP contribution in [-0.2, 0) is 23.9 Å². The van der Waals surface area contributed by atoms with Crippen LogP contribution in [0.1, 0.15) is 5.56 Å². The van der Waals surface area contributed by atoms with Gasteiger partial charge < -0.3 is 28.7 Å². The Morgan fingerprint density at radius 1 is 1.10 bits per heavy atom. The fourth-order valence-electron chi connectivity index (χ4n) is 2.58. The second-order valence-electron chi connectivity index (χ2n) is 6.33. The highest BCUT2D eigenvalue weighted by Gasteiger charge is 2.20. The number of hydrogen-bond donors (Lipinski definition) is 0. The van der Waals surface area contributed by atoms with Crippen LogP contribution in [0.4, 0.5) is 0 Å². The lowest BCUT2D eigenvalue weighted by atomic mass is 10.2. The van der Waals surface area contributed by atoms with Crippen LogP contribution in [0.5, 0.6) is 11.5 Å². The molecule has 9 heteroatoms. The first kappa shape index (κ1) is 22.2. The van der Waals surface area contributed by atoms with Gasteiger partial charge in [-0.25, -0.2) is 4.79 Å². The normalized spacial score (nSPS) is 13.8. The van der Waals surface area contributed by atoms with Gasteiger partial charge >= 0.3 is 5.97 Å². The maximum atomic E-state index is 12.2. The van der Waals surface area contributed by atoms with Gasteiger partial charge in [-0.05, 0) is 23.8 Å². The van der Waals surface area contributed by atoms with E-state index in [1.807, 2.05) is 0 Å². The molecule has 0 saturated carbocycles. The molecule has 1 fully saturated rings. The predicted octanol–water partition coefficient (Wildman–Crippen LogP) is 0.577. The second-order valence-corrected chi connectivity index (χ2v) is 6.33. The molecule has 0 bridgehead atoms. The highest BCUT2D eigenvalue weighted by atomic mass is 16.5. The van der Waals surface area contributed by atoms with Gasteiger partial charge in [0.15, 0.2) is 6.61 Å². The van der Waals surface area contributed by atoms with Crippen LogP contribution in [-0.4, -0.2) is 88.3 Å². The van der Waals surface area contributed by atoms with Crippen molar-refractivity contribution >= 4 is 23.9 Å². The average Bonchev–Trinajstić information content (AvgIpc) is 2.76. The highest BCUT2D eigenvalue weighted by Crippen LogP contribution is 2.23. The zero-order valence-corrected chi connectivity index (χ0v) is 16.9. The Morgan fingerprint density at radius 3 is 2.31 bits per heavy atom. The van der Waals surface area contributed by atoms with Gasteiger partial charge in [-0.2, -0.15) is 0 Å². The van der Waals surface area contributed by atoms with Crippen molar-refractivity contribution in [2.45, 2.75) is 0 Å². The van der Waals surface area contributed by atoms with E-state index in [9.17, 15) is 14.4 Å². The Kier molecular flexibility index (Phi) is 8.47. The van der Waals surface area contributed by atoms with Crippen molar-refractivity contribution in [1.82, 2.24) is 9.80 Å². The molecule has 0 spiro atoms. The van der Waals surface area contributed by atoms with Crippen LogP contribution in [0.2, 0.25) is 0 Å². The second kappa shape index (κ2) is 11.1. The van der Waals surface area contributed by atoms with Gasteiger partial charge in [0, 0.05) is 32.3 Å². The summed E-state index contributed by atoms with van der Waals surface area (Å²) in [6.07, 6.45) is 2.74. The van der Waals surface area contributed by atoms with Crippen molar-refractivity contribution in [1.29, 1.82) is 0 Å². The molecular formula is C20H26N2O7. The molecule has 0 radical (unpaired) electrons. The van der Waals surface area contributed by atoms with Crippen molar-refractivity contribution in [2.24, 2.45) is 0 Å². The van der Waals surface area contributed by atoms with Gasteiger partial charge in [0.1, 0.15) is 11.5 Å². The Morgan fingerprint density at radius 2 is 1.72 bits per heavy atom. The van der Waals surface area contributed by atoms with E-state index in [-0.39, 0.29) is 12.5 Å². The molecule has 1 heterocycles. The first-order valence-electron chi connectivity index (χ1n) is 9.10. The van der Waals surface area contributed by atoms with E-state index in [1.165, 1.54) is 38.3 Å². The van der Waals surface area contributed by atoms with E-state index in [0.29, 0.717) is 43.4 Å². The number of morpholine rings is 1. The number of carbonyl (C=O) groups is 3. The van der Waals surface area contributed by atoms with Gasteiger partial charge in [-0.3, -0.25) is 9.59 Å². The molecule has 1 aliphatic heterocycles. The van der Waals surface area contributed by atoms with E-state index >= 15 is 0 Å². The van der Waals surface area contributed by atoms with Crippen LogP contribution < -0.4 is 9.47 Å². The largest absolute Gasteiger partial charge is 0.497 e. The number of nitrogens with zero attached hydrogens (tertiary/aromatic N) is 2. The average molecular weight is 406 g/mol. The molecule has 1 aliphatic rings. The summed E-state index contributed by atoms with van der Waals surface area (Å²) in [5.74, 6) is -0.134. The molecule has 1 aromatic carbocycles. The first-order valence-corrected chi connectivity index (χ1v) is 9.10. The number of ether oxygens (including phenoxy) is 4. The summed E-state index contributed by atoms with van der Waals surface area (Å²) in [5, 5.41) is 0. The number of benzene rings is 1. The molecule has 1 saturated heterocycles. The Bertz CT molecular complexity index is 735. The predicted molar refractivity (Wildman–Crippen MR) is 105 cm³/mol. The molecule has 29 heavy (non-hydrogen) atoms. The minimum absolute atomic E-state index is 0.0736. The molecule has 0 unspecified atom stereocenters. The molecule has 9 nitrogen and oxygen atoms in total. The fraction of sp³-hybridized carbons (Fsp3) is 0.450. The zero-order chi connectivity index (χ0) is 21.2. The third kappa shape index (κ3) is 7.11. The summed E-state index contributed by atoms with van der Waals surface area (Å²) in [5.41, 5.74) is 0.678. The number of amides is 2. The van der Waals surface area contributed by atoms with E-state index in [1.54, 1.807) is 23.1 Å². The molecule has 2 amide bonds.